The standard InChI is InChI=1S/C18H26O5S.CH4/c1-2-18(16-9-6-10-17(16)24(19,20)23-18)11-12-21-14-22-13-15-7-4-3-5-8-15;/h3-5,7-8,16-17H,2,6,9-14H2,1H3;1H4. The van der Waals surface area contributed by atoms with E-state index in [2.05, 4.69) is 0 Å². The molecule has 2 aliphatic rings. The number of hydrogen-bond acceptors (Lipinski definition) is 5. The van der Waals surface area contributed by atoms with Gasteiger partial charge in [-0.1, -0.05) is 51.1 Å². The minimum atomic E-state index is -3.41. The Morgan fingerprint density at radius 3 is 2.68 bits per heavy atom. The number of fused-ring (bicyclic) bond motifs is 1. The van der Waals surface area contributed by atoms with E-state index in [-0.39, 0.29) is 25.4 Å². The molecular formula is C19H30O5S. The largest absolute Gasteiger partial charge is 0.355 e. The highest BCUT2D eigenvalue weighted by atomic mass is 32.2. The van der Waals surface area contributed by atoms with Crippen molar-refractivity contribution in [1.82, 2.24) is 0 Å². The fourth-order valence-electron chi connectivity index (χ4n) is 4.05. The molecule has 0 bridgehead atoms. The van der Waals surface area contributed by atoms with Crippen LogP contribution >= 0.6 is 0 Å². The molecule has 1 heterocycles. The van der Waals surface area contributed by atoms with Gasteiger partial charge in [-0.2, -0.15) is 8.42 Å². The van der Waals surface area contributed by atoms with Crippen molar-refractivity contribution in [2.45, 2.75) is 63.9 Å². The zero-order chi connectivity index (χ0) is 17.0. The minimum Gasteiger partial charge on any atom is -0.355 e. The van der Waals surface area contributed by atoms with Gasteiger partial charge in [-0.3, -0.25) is 4.18 Å². The minimum absolute atomic E-state index is 0. The zero-order valence-corrected chi connectivity index (χ0v) is 15.0. The van der Waals surface area contributed by atoms with E-state index >= 15 is 0 Å². The van der Waals surface area contributed by atoms with E-state index in [0.717, 1.165) is 24.8 Å². The average Bonchev–Trinajstić information content (AvgIpc) is 3.15. The molecule has 25 heavy (non-hydrogen) atoms. The predicted octanol–water partition coefficient (Wildman–Crippen LogP) is 3.88. The van der Waals surface area contributed by atoms with E-state index < -0.39 is 15.7 Å². The predicted molar refractivity (Wildman–Crippen MR) is 97.6 cm³/mol. The van der Waals surface area contributed by atoms with Crippen LogP contribution in [0.2, 0.25) is 0 Å². The van der Waals surface area contributed by atoms with Crippen molar-refractivity contribution >= 4 is 10.1 Å². The smallest absolute Gasteiger partial charge is 0.271 e. The number of hydrogen-bond donors (Lipinski definition) is 0. The molecule has 1 aliphatic heterocycles. The number of ether oxygens (including phenoxy) is 2. The van der Waals surface area contributed by atoms with Gasteiger partial charge in [-0.25, -0.2) is 0 Å². The highest BCUT2D eigenvalue weighted by Gasteiger charge is 2.58. The highest BCUT2D eigenvalue weighted by Crippen LogP contribution is 2.51. The van der Waals surface area contributed by atoms with Crippen LogP contribution in [0.5, 0.6) is 0 Å². The Morgan fingerprint density at radius 1 is 1.20 bits per heavy atom. The van der Waals surface area contributed by atoms with E-state index in [1.165, 1.54) is 0 Å². The Bertz CT molecular complexity index is 630. The van der Waals surface area contributed by atoms with Gasteiger partial charge < -0.3 is 9.47 Å². The van der Waals surface area contributed by atoms with Crippen LogP contribution in [0.25, 0.3) is 0 Å². The van der Waals surface area contributed by atoms with E-state index in [0.29, 0.717) is 26.1 Å². The average molecular weight is 371 g/mol. The lowest BCUT2D eigenvalue weighted by atomic mass is 9.81. The monoisotopic (exact) mass is 370 g/mol. The molecule has 1 aliphatic carbocycles. The first-order valence-electron chi connectivity index (χ1n) is 8.71. The molecule has 1 aromatic rings. The quantitative estimate of drug-likeness (QED) is 0.395. The first kappa shape index (κ1) is 20.4. The van der Waals surface area contributed by atoms with Crippen molar-refractivity contribution in [3.8, 4) is 0 Å². The third kappa shape index (κ3) is 4.42. The maximum atomic E-state index is 12.2. The summed E-state index contributed by atoms with van der Waals surface area (Å²) in [4.78, 5) is 0. The normalized spacial score (nSPS) is 30.0. The van der Waals surface area contributed by atoms with Crippen molar-refractivity contribution in [3.63, 3.8) is 0 Å². The summed E-state index contributed by atoms with van der Waals surface area (Å²) in [5, 5.41) is -0.313. The Balaban J connectivity index is 0.00000225. The zero-order valence-electron chi connectivity index (χ0n) is 14.1. The molecule has 1 saturated heterocycles. The SMILES string of the molecule is C.CCC1(CCOCOCc2ccccc2)OS(=O)(=O)C2CCCC21. The molecule has 6 heteroatoms. The second-order valence-corrected chi connectivity index (χ2v) is 8.44. The summed E-state index contributed by atoms with van der Waals surface area (Å²) in [6.07, 6.45) is 3.93. The maximum Gasteiger partial charge on any atom is 0.271 e. The fourth-order valence-corrected chi connectivity index (χ4v) is 6.20. The molecular weight excluding hydrogens is 340 g/mol. The molecule has 1 aromatic carbocycles. The lowest BCUT2D eigenvalue weighted by Crippen LogP contribution is -2.37. The van der Waals surface area contributed by atoms with Gasteiger partial charge in [-0.05, 0) is 24.8 Å². The molecule has 2 fully saturated rings. The van der Waals surface area contributed by atoms with E-state index in [1.807, 2.05) is 37.3 Å². The third-order valence-electron chi connectivity index (χ3n) is 5.33. The van der Waals surface area contributed by atoms with E-state index in [1.54, 1.807) is 0 Å². The van der Waals surface area contributed by atoms with Gasteiger partial charge in [0.1, 0.15) is 6.79 Å². The molecule has 3 unspecified atom stereocenters. The van der Waals surface area contributed by atoms with Crippen LogP contribution in [-0.2, 0) is 30.4 Å². The maximum absolute atomic E-state index is 12.2. The Labute approximate surface area is 151 Å². The lowest BCUT2D eigenvalue weighted by molar-refractivity contribution is -0.0795. The summed E-state index contributed by atoms with van der Waals surface area (Å²) in [6.45, 7) is 3.16. The Kier molecular flexibility index (Phi) is 7.02. The molecule has 0 spiro atoms. The molecule has 5 nitrogen and oxygen atoms in total. The van der Waals surface area contributed by atoms with Gasteiger partial charge >= 0.3 is 0 Å². The van der Waals surface area contributed by atoms with Gasteiger partial charge in [0.2, 0.25) is 0 Å². The van der Waals surface area contributed by atoms with Crippen molar-refractivity contribution < 1.29 is 22.1 Å². The molecule has 0 aromatic heterocycles. The highest BCUT2D eigenvalue weighted by molar-refractivity contribution is 7.87. The van der Waals surface area contributed by atoms with Crippen LogP contribution in [0.3, 0.4) is 0 Å². The van der Waals surface area contributed by atoms with Crippen LogP contribution < -0.4 is 0 Å². The molecule has 0 amide bonds. The summed E-state index contributed by atoms with van der Waals surface area (Å²) in [5.74, 6) is 0.112. The van der Waals surface area contributed by atoms with Gasteiger partial charge in [0.25, 0.3) is 10.1 Å². The van der Waals surface area contributed by atoms with Gasteiger partial charge in [0, 0.05) is 12.3 Å². The summed E-state index contributed by atoms with van der Waals surface area (Å²) < 4.78 is 41.1. The van der Waals surface area contributed by atoms with Gasteiger partial charge in [0.05, 0.1) is 24.1 Å². The van der Waals surface area contributed by atoms with Crippen molar-refractivity contribution in [1.29, 1.82) is 0 Å². The second kappa shape index (κ2) is 8.62. The first-order chi connectivity index (χ1) is 11.6. The van der Waals surface area contributed by atoms with Gasteiger partial charge in [0.15, 0.2) is 0 Å². The van der Waals surface area contributed by atoms with Crippen molar-refractivity contribution in [2.75, 3.05) is 13.4 Å². The van der Waals surface area contributed by atoms with E-state index in [9.17, 15) is 8.42 Å². The Hall–Kier alpha value is -0.950. The molecule has 0 N–H and O–H groups in total. The summed E-state index contributed by atoms with van der Waals surface area (Å²) in [5.41, 5.74) is 0.518. The van der Waals surface area contributed by atoms with Crippen LogP contribution in [0.4, 0.5) is 0 Å². The Morgan fingerprint density at radius 2 is 1.96 bits per heavy atom. The van der Waals surface area contributed by atoms with Crippen LogP contribution in [0.15, 0.2) is 30.3 Å². The molecule has 0 radical (unpaired) electrons. The summed E-state index contributed by atoms with van der Waals surface area (Å²) in [6, 6.07) is 9.92. The van der Waals surface area contributed by atoms with Crippen molar-refractivity contribution in [3.05, 3.63) is 35.9 Å². The summed E-state index contributed by atoms with van der Waals surface area (Å²) >= 11 is 0. The van der Waals surface area contributed by atoms with Crippen LogP contribution in [0.1, 0.15) is 52.0 Å². The lowest BCUT2D eigenvalue weighted by Gasteiger charge is -2.30. The molecule has 3 rings (SSSR count). The summed E-state index contributed by atoms with van der Waals surface area (Å²) in [7, 11) is -3.41. The number of rotatable bonds is 8. The molecule has 3 atom stereocenters. The topological polar surface area (TPSA) is 61.8 Å². The molecule has 142 valence electrons. The van der Waals surface area contributed by atoms with Crippen LogP contribution in [-0.4, -0.2) is 32.7 Å². The van der Waals surface area contributed by atoms with Crippen LogP contribution in [0, 0.1) is 5.92 Å². The van der Waals surface area contributed by atoms with E-state index in [4.69, 9.17) is 13.7 Å². The first-order valence-corrected chi connectivity index (χ1v) is 10.2. The number of benzene rings is 1. The third-order valence-corrected chi connectivity index (χ3v) is 7.20. The van der Waals surface area contributed by atoms with Gasteiger partial charge in [-0.15, -0.1) is 0 Å². The fraction of sp³-hybridized carbons (Fsp3) is 0.684. The molecule has 1 saturated carbocycles. The second-order valence-electron chi connectivity index (χ2n) is 6.68. The van der Waals surface area contributed by atoms with Crippen molar-refractivity contribution in [2.24, 2.45) is 5.92 Å².